The molecule has 0 amide bonds. The predicted octanol–water partition coefficient (Wildman–Crippen LogP) is 5.12. The van der Waals surface area contributed by atoms with Crippen molar-refractivity contribution < 1.29 is 0 Å². The third-order valence-electron chi connectivity index (χ3n) is 4.63. The van der Waals surface area contributed by atoms with E-state index < -0.39 is 0 Å². The third kappa shape index (κ3) is 2.78. The van der Waals surface area contributed by atoms with Gasteiger partial charge in [-0.2, -0.15) is 0 Å². The summed E-state index contributed by atoms with van der Waals surface area (Å²) in [6.07, 6.45) is 0. The van der Waals surface area contributed by atoms with E-state index in [1.54, 1.807) is 4.68 Å². The van der Waals surface area contributed by atoms with Gasteiger partial charge in [-0.05, 0) is 42.7 Å². The quantitative estimate of drug-likeness (QED) is 0.552. The Kier molecular flexibility index (Phi) is 4.05. The molecule has 0 saturated carbocycles. The zero-order chi connectivity index (χ0) is 18.1. The van der Waals surface area contributed by atoms with Crippen LogP contribution in [0, 0.1) is 13.8 Å². The molecule has 3 nitrogen and oxygen atoms in total. The van der Waals surface area contributed by atoms with Gasteiger partial charge in [0, 0.05) is 5.56 Å². The summed E-state index contributed by atoms with van der Waals surface area (Å²) < 4.78 is 1.64. The highest BCUT2D eigenvalue weighted by Gasteiger charge is 2.19. The van der Waals surface area contributed by atoms with Crippen molar-refractivity contribution in [1.29, 1.82) is 0 Å². The van der Waals surface area contributed by atoms with Gasteiger partial charge in [0.15, 0.2) is 0 Å². The van der Waals surface area contributed by atoms with Crippen LogP contribution in [0.1, 0.15) is 11.1 Å². The number of nitrogens with zero attached hydrogens (tertiary/aromatic N) is 1. The first-order valence-electron chi connectivity index (χ1n) is 8.68. The number of aryl methyl sites for hydroxylation is 2. The van der Waals surface area contributed by atoms with Crippen LogP contribution < -0.4 is 5.56 Å². The van der Waals surface area contributed by atoms with Crippen molar-refractivity contribution in [3.05, 3.63) is 100 Å². The number of hydrogen-bond acceptors (Lipinski definition) is 1. The lowest BCUT2D eigenvalue weighted by Gasteiger charge is -2.06. The molecule has 0 saturated heterocycles. The molecule has 3 heteroatoms. The van der Waals surface area contributed by atoms with Crippen LogP contribution in [0.4, 0.5) is 0 Å². The molecule has 0 radical (unpaired) electrons. The minimum atomic E-state index is -0.0416. The Balaban J connectivity index is 2.03. The number of benzene rings is 3. The van der Waals surface area contributed by atoms with Gasteiger partial charge in [-0.25, -0.2) is 4.68 Å². The van der Waals surface area contributed by atoms with E-state index in [2.05, 4.69) is 18.1 Å². The molecule has 0 aliphatic carbocycles. The minimum Gasteiger partial charge on any atom is -0.290 e. The van der Waals surface area contributed by atoms with Crippen molar-refractivity contribution in [2.45, 2.75) is 13.8 Å². The molecule has 1 aromatic heterocycles. The number of H-pyrrole nitrogens is 1. The van der Waals surface area contributed by atoms with Crippen molar-refractivity contribution in [3.8, 4) is 28.1 Å². The van der Waals surface area contributed by atoms with Crippen molar-refractivity contribution >= 4 is 0 Å². The van der Waals surface area contributed by atoms with Crippen LogP contribution in [0.2, 0.25) is 0 Å². The Bertz CT molecular complexity index is 1120. The van der Waals surface area contributed by atoms with E-state index >= 15 is 0 Å². The predicted molar refractivity (Wildman–Crippen MR) is 107 cm³/mol. The summed E-state index contributed by atoms with van der Waals surface area (Å²) in [7, 11) is 0. The fourth-order valence-electron chi connectivity index (χ4n) is 3.31. The van der Waals surface area contributed by atoms with Gasteiger partial charge < -0.3 is 0 Å². The van der Waals surface area contributed by atoms with Crippen LogP contribution in [0.5, 0.6) is 0 Å². The third-order valence-corrected chi connectivity index (χ3v) is 4.63. The van der Waals surface area contributed by atoms with Gasteiger partial charge in [0.25, 0.3) is 5.56 Å². The monoisotopic (exact) mass is 340 g/mol. The van der Waals surface area contributed by atoms with Crippen molar-refractivity contribution in [3.63, 3.8) is 0 Å². The summed E-state index contributed by atoms with van der Waals surface area (Å²) in [5, 5.41) is 3.35. The smallest absolute Gasteiger partial charge is 0.279 e. The molecule has 0 atom stereocenters. The van der Waals surface area contributed by atoms with Crippen LogP contribution >= 0.6 is 0 Å². The second kappa shape index (κ2) is 6.52. The van der Waals surface area contributed by atoms with Gasteiger partial charge in [-0.15, -0.1) is 0 Å². The number of hydrogen-bond donors (Lipinski definition) is 1. The molecule has 0 aliphatic heterocycles. The number of aromatic amines is 1. The molecule has 4 rings (SSSR count). The van der Waals surface area contributed by atoms with Crippen molar-refractivity contribution in [2.75, 3.05) is 0 Å². The average molecular weight is 340 g/mol. The maximum absolute atomic E-state index is 13.3. The molecular formula is C23H20N2O. The molecule has 0 bridgehead atoms. The average Bonchev–Trinajstić information content (AvgIpc) is 3.00. The fourth-order valence-corrected chi connectivity index (χ4v) is 3.31. The molecule has 26 heavy (non-hydrogen) atoms. The van der Waals surface area contributed by atoms with Crippen molar-refractivity contribution in [1.82, 2.24) is 9.78 Å². The van der Waals surface area contributed by atoms with Crippen LogP contribution in [-0.4, -0.2) is 9.78 Å². The molecule has 0 aliphatic rings. The number of nitrogens with one attached hydrogen (secondary N) is 1. The Hall–Kier alpha value is -3.33. The fraction of sp³-hybridized carbons (Fsp3) is 0.0870. The van der Waals surface area contributed by atoms with Gasteiger partial charge in [0.1, 0.15) is 0 Å². The van der Waals surface area contributed by atoms with E-state index in [0.717, 1.165) is 33.6 Å². The van der Waals surface area contributed by atoms with Gasteiger partial charge in [-0.1, -0.05) is 66.7 Å². The molecule has 1 N–H and O–H groups in total. The zero-order valence-electron chi connectivity index (χ0n) is 14.9. The highest BCUT2D eigenvalue weighted by Crippen LogP contribution is 2.30. The molecular weight excluding hydrogens is 320 g/mol. The minimum absolute atomic E-state index is 0.0416. The first kappa shape index (κ1) is 16.2. The van der Waals surface area contributed by atoms with E-state index in [1.807, 2.05) is 79.7 Å². The molecule has 3 aromatic carbocycles. The first-order chi connectivity index (χ1) is 12.6. The van der Waals surface area contributed by atoms with Gasteiger partial charge >= 0.3 is 0 Å². The Morgan fingerprint density at radius 2 is 1.54 bits per heavy atom. The molecule has 128 valence electrons. The van der Waals surface area contributed by atoms with Crippen molar-refractivity contribution in [2.24, 2.45) is 0 Å². The lowest BCUT2D eigenvalue weighted by Crippen LogP contribution is -2.15. The van der Waals surface area contributed by atoms with Crippen LogP contribution in [0.15, 0.2) is 83.7 Å². The van der Waals surface area contributed by atoms with E-state index in [0.29, 0.717) is 5.56 Å². The number of aromatic nitrogens is 2. The zero-order valence-corrected chi connectivity index (χ0v) is 14.9. The molecule has 1 heterocycles. The summed E-state index contributed by atoms with van der Waals surface area (Å²) in [6, 6.07) is 25.9. The van der Waals surface area contributed by atoms with Crippen LogP contribution in [0.25, 0.3) is 28.1 Å². The van der Waals surface area contributed by atoms with E-state index in [-0.39, 0.29) is 5.56 Å². The molecule has 0 fully saturated rings. The lowest BCUT2D eigenvalue weighted by atomic mass is 9.99. The second-order valence-electron chi connectivity index (χ2n) is 6.52. The SMILES string of the molecule is Cc1cccc(-n2[nH]c(-c3ccccc3C)c(-c3ccccc3)c2=O)c1. The summed E-state index contributed by atoms with van der Waals surface area (Å²) in [5.74, 6) is 0. The summed E-state index contributed by atoms with van der Waals surface area (Å²) in [4.78, 5) is 13.3. The van der Waals surface area contributed by atoms with Crippen LogP contribution in [-0.2, 0) is 0 Å². The van der Waals surface area contributed by atoms with Gasteiger partial charge in [0.05, 0.1) is 16.9 Å². The van der Waals surface area contributed by atoms with E-state index in [1.165, 1.54) is 0 Å². The Labute approximate surface area is 152 Å². The van der Waals surface area contributed by atoms with Gasteiger partial charge in [-0.3, -0.25) is 9.89 Å². The van der Waals surface area contributed by atoms with E-state index in [4.69, 9.17) is 0 Å². The maximum atomic E-state index is 13.3. The second-order valence-corrected chi connectivity index (χ2v) is 6.52. The molecule has 4 aromatic rings. The largest absolute Gasteiger partial charge is 0.290 e. The topological polar surface area (TPSA) is 37.8 Å². The van der Waals surface area contributed by atoms with E-state index in [9.17, 15) is 4.79 Å². The highest BCUT2D eigenvalue weighted by molar-refractivity contribution is 5.82. The summed E-state index contributed by atoms with van der Waals surface area (Å²) in [6.45, 7) is 4.09. The first-order valence-corrected chi connectivity index (χ1v) is 8.68. The van der Waals surface area contributed by atoms with Crippen LogP contribution in [0.3, 0.4) is 0 Å². The summed E-state index contributed by atoms with van der Waals surface area (Å²) >= 11 is 0. The maximum Gasteiger partial charge on any atom is 0.279 e. The Morgan fingerprint density at radius 1 is 0.808 bits per heavy atom. The van der Waals surface area contributed by atoms with Gasteiger partial charge in [0.2, 0.25) is 0 Å². The number of rotatable bonds is 3. The Morgan fingerprint density at radius 3 is 2.27 bits per heavy atom. The normalized spacial score (nSPS) is 10.8. The standard InChI is InChI=1S/C23H20N2O/c1-16-9-8-13-19(15-16)25-23(26)21(18-11-4-3-5-12-18)22(24-25)20-14-7-6-10-17(20)2/h3-15,24H,1-2H3. The summed E-state index contributed by atoms with van der Waals surface area (Å²) in [5.41, 5.74) is 6.53. The highest BCUT2D eigenvalue weighted by atomic mass is 16.1. The molecule has 0 spiro atoms. The molecule has 0 unspecified atom stereocenters. The lowest BCUT2D eigenvalue weighted by molar-refractivity contribution is 0.851.